The molecule has 1 rings (SSSR count). The Labute approximate surface area is 126 Å². The lowest BCUT2D eigenvalue weighted by Crippen LogP contribution is -2.41. The topological polar surface area (TPSA) is 44.3 Å². The van der Waals surface area contributed by atoms with Gasteiger partial charge in [-0.2, -0.15) is 0 Å². The fourth-order valence-electron chi connectivity index (χ4n) is 1.62. The zero-order valence-corrected chi connectivity index (χ0v) is 13.3. The van der Waals surface area contributed by atoms with Crippen LogP contribution in [0.1, 0.15) is 45.7 Å². The summed E-state index contributed by atoms with van der Waals surface area (Å²) < 4.78 is 55.2. The largest absolute Gasteiger partial charge is 0.598 e. The standard InChI is InChI=1S/C14H20F3NO2S/c1-5-12(18-21(19)13(2,3)4)10-7-6-8-11(9-10)20-14(15,16)17/h6-9,12,18H,5H2,1-4H3/t12-,21+/m0/s1. The van der Waals surface area contributed by atoms with E-state index in [2.05, 4.69) is 9.46 Å². The molecule has 3 nitrogen and oxygen atoms in total. The Hall–Kier alpha value is -0.920. The summed E-state index contributed by atoms with van der Waals surface area (Å²) in [5, 5.41) is 0. The van der Waals surface area contributed by atoms with Crippen molar-refractivity contribution >= 4 is 11.4 Å². The van der Waals surface area contributed by atoms with Gasteiger partial charge in [0.15, 0.2) is 0 Å². The van der Waals surface area contributed by atoms with Crippen molar-refractivity contribution in [2.24, 2.45) is 0 Å². The van der Waals surface area contributed by atoms with Gasteiger partial charge in [-0.15, -0.1) is 17.9 Å². The first-order valence-corrected chi connectivity index (χ1v) is 7.71. The minimum absolute atomic E-state index is 0.276. The van der Waals surface area contributed by atoms with Crippen LogP contribution < -0.4 is 9.46 Å². The summed E-state index contributed by atoms with van der Waals surface area (Å²) in [6.45, 7) is 7.35. The van der Waals surface area contributed by atoms with Crippen molar-refractivity contribution in [1.29, 1.82) is 0 Å². The molecule has 0 aliphatic carbocycles. The number of rotatable bonds is 5. The second kappa shape index (κ2) is 6.89. The van der Waals surface area contributed by atoms with Gasteiger partial charge in [-0.3, -0.25) is 0 Å². The molecule has 0 aliphatic rings. The Morgan fingerprint density at radius 1 is 1.29 bits per heavy atom. The zero-order valence-electron chi connectivity index (χ0n) is 12.5. The van der Waals surface area contributed by atoms with Gasteiger partial charge < -0.3 is 9.29 Å². The molecule has 1 aromatic rings. The first-order chi connectivity index (χ1) is 9.53. The third kappa shape index (κ3) is 6.15. The molecule has 0 unspecified atom stereocenters. The monoisotopic (exact) mass is 323 g/mol. The van der Waals surface area contributed by atoms with Gasteiger partial charge in [0, 0.05) is 11.4 Å². The first-order valence-electron chi connectivity index (χ1n) is 6.56. The fourth-order valence-corrected chi connectivity index (χ4v) is 2.54. The van der Waals surface area contributed by atoms with Crippen molar-refractivity contribution in [3.05, 3.63) is 29.8 Å². The van der Waals surface area contributed by atoms with Crippen LogP contribution in [0.15, 0.2) is 24.3 Å². The maximum Gasteiger partial charge on any atom is 0.573 e. The molecule has 2 atom stereocenters. The normalized spacial score (nSPS) is 15.6. The molecule has 0 heterocycles. The van der Waals surface area contributed by atoms with E-state index in [0.29, 0.717) is 12.0 Å². The Balaban J connectivity index is 2.89. The maximum atomic E-state index is 12.2. The van der Waals surface area contributed by atoms with Crippen LogP contribution in [0.2, 0.25) is 0 Å². The predicted octanol–water partition coefficient (Wildman–Crippen LogP) is 4.09. The van der Waals surface area contributed by atoms with Crippen molar-refractivity contribution < 1.29 is 22.5 Å². The second-order valence-corrected chi connectivity index (χ2v) is 7.58. The van der Waals surface area contributed by atoms with Crippen molar-refractivity contribution in [3.63, 3.8) is 0 Å². The van der Waals surface area contributed by atoms with Crippen LogP contribution in [-0.4, -0.2) is 15.7 Å². The van der Waals surface area contributed by atoms with Gasteiger partial charge in [-0.05, 0) is 44.9 Å². The van der Waals surface area contributed by atoms with Crippen LogP contribution in [0, 0.1) is 0 Å². The molecule has 0 bridgehead atoms. The van der Waals surface area contributed by atoms with Crippen LogP contribution in [0.4, 0.5) is 13.2 Å². The molecule has 120 valence electrons. The maximum absolute atomic E-state index is 12.2. The van der Waals surface area contributed by atoms with E-state index in [4.69, 9.17) is 0 Å². The lowest BCUT2D eigenvalue weighted by molar-refractivity contribution is -0.274. The lowest BCUT2D eigenvalue weighted by atomic mass is 10.1. The molecule has 1 aromatic carbocycles. The van der Waals surface area contributed by atoms with Gasteiger partial charge in [0.25, 0.3) is 0 Å². The highest BCUT2D eigenvalue weighted by atomic mass is 32.2. The number of nitrogens with one attached hydrogen (secondary N) is 1. The van der Waals surface area contributed by atoms with Crippen molar-refractivity contribution in [3.8, 4) is 5.75 Å². The summed E-state index contributed by atoms with van der Waals surface area (Å²) in [5.74, 6) is -0.276. The lowest BCUT2D eigenvalue weighted by Gasteiger charge is -2.27. The quantitative estimate of drug-likeness (QED) is 0.830. The summed E-state index contributed by atoms with van der Waals surface area (Å²) in [5.41, 5.74) is 0.608. The molecule has 0 fully saturated rings. The third-order valence-electron chi connectivity index (χ3n) is 2.71. The molecule has 0 aliphatic heterocycles. The highest BCUT2D eigenvalue weighted by Gasteiger charge is 2.32. The molecule has 1 N–H and O–H groups in total. The minimum atomic E-state index is -4.72. The SMILES string of the molecule is CC[C@H](N[S@+]([O-])C(C)(C)C)c1cccc(OC(F)(F)F)c1. The van der Waals surface area contributed by atoms with E-state index >= 15 is 0 Å². The van der Waals surface area contributed by atoms with Crippen molar-refractivity contribution in [2.45, 2.75) is 51.3 Å². The summed E-state index contributed by atoms with van der Waals surface area (Å²) >= 11 is -1.31. The van der Waals surface area contributed by atoms with E-state index in [1.54, 1.807) is 6.07 Å². The fraction of sp³-hybridized carbons (Fsp3) is 0.571. The van der Waals surface area contributed by atoms with E-state index in [1.807, 2.05) is 27.7 Å². The molecule has 21 heavy (non-hydrogen) atoms. The van der Waals surface area contributed by atoms with Crippen LogP contribution in [0.25, 0.3) is 0 Å². The first kappa shape index (κ1) is 18.1. The Morgan fingerprint density at radius 3 is 2.38 bits per heavy atom. The molecule has 0 aromatic heterocycles. The summed E-state index contributed by atoms with van der Waals surface area (Å²) in [6.07, 6.45) is -4.13. The highest BCUT2D eigenvalue weighted by molar-refractivity contribution is 7.90. The number of halogens is 3. The summed E-state index contributed by atoms with van der Waals surface area (Å²) in [6, 6.07) is 5.42. The van der Waals surface area contributed by atoms with E-state index < -0.39 is 22.5 Å². The van der Waals surface area contributed by atoms with Crippen LogP contribution in [-0.2, 0) is 11.4 Å². The van der Waals surface area contributed by atoms with E-state index in [-0.39, 0.29) is 11.8 Å². The Kier molecular flexibility index (Phi) is 5.95. The van der Waals surface area contributed by atoms with Gasteiger partial charge in [0.2, 0.25) is 0 Å². The highest BCUT2D eigenvalue weighted by Crippen LogP contribution is 2.28. The third-order valence-corrected chi connectivity index (χ3v) is 4.32. The number of ether oxygens (including phenoxy) is 1. The smallest absolute Gasteiger partial charge is 0.573 e. The average Bonchev–Trinajstić information content (AvgIpc) is 2.32. The molecular formula is C14H20F3NO2S. The molecule has 0 saturated heterocycles. The van der Waals surface area contributed by atoms with Crippen LogP contribution >= 0.6 is 0 Å². The Morgan fingerprint density at radius 2 is 1.90 bits per heavy atom. The van der Waals surface area contributed by atoms with E-state index in [1.165, 1.54) is 18.2 Å². The average molecular weight is 323 g/mol. The number of hydrogen-bond acceptors (Lipinski definition) is 3. The summed E-state index contributed by atoms with van der Waals surface area (Å²) in [4.78, 5) is 0. The van der Waals surface area contributed by atoms with Crippen LogP contribution in [0.5, 0.6) is 5.75 Å². The van der Waals surface area contributed by atoms with E-state index in [0.717, 1.165) is 0 Å². The van der Waals surface area contributed by atoms with Gasteiger partial charge in [-0.25, -0.2) is 0 Å². The molecular weight excluding hydrogens is 303 g/mol. The number of benzene rings is 1. The van der Waals surface area contributed by atoms with Gasteiger partial charge in [-0.1, -0.05) is 19.1 Å². The van der Waals surface area contributed by atoms with Crippen molar-refractivity contribution in [2.75, 3.05) is 0 Å². The minimum Gasteiger partial charge on any atom is -0.598 e. The molecule has 0 amide bonds. The molecule has 0 saturated carbocycles. The Bertz CT molecular complexity index is 460. The molecule has 0 spiro atoms. The predicted molar refractivity (Wildman–Crippen MR) is 77.2 cm³/mol. The molecule has 0 radical (unpaired) electrons. The number of alkyl halides is 3. The summed E-state index contributed by atoms with van der Waals surface area (Å²) in [7, 11) is 0. The van der Waals surface area contributed by atoms with Gasteiger partial charge in [0.05, 0.1) is 6.04 Å². The van der Waals surface area contributed by atoms with Gasteiger partial charge in [0.1, 0.15) is 10.5 Å². The van der Waals surface area contributed by atoms with Gasteiger partial charge >= 0.3 is 6.36 Å². The zero-order chi connectivity index (χ0) is 16.3. The number of hydrogen-bond donors (Lipinski definition) is 1. The van der Waals surface area contributed by atoms with Crippen molar-refractivity contribution in [1.82, 2.24) is 4.72 Å². The van der Waals surface area contributed by atoms with E-state index in [9.17, 15) is 17.7 Å². The molecule has 7 heteroatoms. The van der Waals surface area contributed by atoms with Crippen LogP contribution in [0.3, 0.4) is 0 Å². The second-order valence-electron chi connectivity index (χ2n) is 5.58.